The largest absolute Gasteiger partial charge is 0.451 e. The summed E-state index contributed by atoms with van der Waals surface area (Å²) in [5, 5.41) is 15.5. The monoisotopic (exact) mass is 306 g/mol. The van der Waals surface area contributed by atoms with E-state index in [9.17, 15) is 13.6 Å². The van der Waals surface area contributed by atoms with Crippen LogP contribution in [0.15, 0.2) is 35.3 Å². The Labute approximate surface area is 121 Å². The van der Waals surface area contributed by atoms with Crippen molar-refractivity contribution >= 4 is 5.91 Å². The van der Waals surface area contributed by atoms with Crippen LogP contribution in [0.1, 0.15) is 27.9 Å². The van der Waals surface area contributed by atoms with Crippen LogP contribution < -0.4 is 5.32 Å². The van der Waals surface area contributed by atoms with Crippen LogP contribution >= 0.6 is 0 Å². The summed E-state index contributed by atoms with van der Waals surface area (Å²) in [6.45, 7) is 0. The lowest BCUT2D eigenvalue weighted by Crippen LogP contribution is -2.31. The lowest BCUT2D eigenvalue weighted by Gasteiger charge is -2.15. The fraction of sp³-hybridized carbons (Fsp3) is 0.0833. The molecule has 22 heavy (non-hydrogen) atoms. The first-order valence-corrected chi connectivity index (χ1v) is 6.02. The number of hydrogen-bond acceptors (Lipinski definition) is 6. The Balaban J connectivity index is 1.96. The van der Waals surface area contributed by atoms with E-state index in [0.717, 1.165) is 18.7 Å². The van der Waals surface area contributed by atoms with Crippen molar-refractivity contribution in [2.75, 3.05) is 0 Å². The van der Waals surface area contributed by atoms with E-state index in [1.54, 1.807) is 0 Å². The number of benzene rings is 1. The van der Waals surface area contributed by atoms with Crippen molar-refractivity contribution in [1.29, 1.82) is 0 Å². The van der Waals surface area contributed by atoms with Gasteiger partial charge in [0.05, 0.1) is 0 Å². The van der Waals surface area contributed by atoms with Crippen molar-refractivity contribution in [3.8, 4) is 0 Å². The van der Waals surface area contributed by atoms with E-state index in [2.05, 4.69) is 30.9 Å². The molecule has 0 spiro atoms. The van der Waals surface area contributed by atoms with Crippen LogP contribution in [0.2, 0.25) is 0 Å². The van der Waals surface area contributed by atoms with Gasteiger partial charge in [0.25, 0.3) is 5.91 Å². The lowest BCUT2D eigenvalue weighted by atomic mass is 10.1. The van der Waals surface area contributed by atoms with E-state index in [-0.39, 0.29) is 17.1 Å². The molecular formula is C12H8F2N6O2. The van der Waals surface area contributed by atoms with Crippen LogP contribution in [0, 0.1) is 11.6 Å². The Morgan fingerprint density at radius 2 is 2.23 bits per heavy atom. The van der Waals surface area contributed by atoms with Gasteiger partial charge in [-0.1, -0.05) is 11.3 Å². The summed E-state index contributed by atoms with van der Waals surface area (Å²) in [6.07, 6.45) is 2.21. The summed E-state index contributed by atoms with van der Waals surface area (Å²) < 4.78 is 31.7. The topological polar surface area (TPSA) is 110 Å². The van der Waals surface area contributed by atoms with Gasteiger partial charge >= 0.3 is 0 Å². The zero-order chi connectivity index (χ0) is 15.5. The molecule has 1 atom stereocenters. The number of amides is 1. The molecule has 2 aromatic heterocycles. The van der Waals surface area contributed by atoms with Crippen molar-refractivity contribution < 1.29 is 18.0 Å². The van der Waals surface area contributed by atoms with Crippen molar-refractivity contribution in [2.45, 2.75) is 6.04 Å². The van der Waals surface area contributed by atoms with Gasteiger partial charge in [0.2, 0.25) is 5.82 Å². The molecule has 10 heteroatoms. The number of oxazole rings is 1. The maximum atomic E-state index is 14.0. The molecule has 0 bridgehead atoms. The van der Waals surface area contributed by atoms with Gasteiger partial charge in [-0.2, -0.15) is 5.21 Å². The fourth-order valence-electron chi connectivity index (χ4n) is 1.84. The van der Waals surface area contributed by atoms with Gasteiger partial charge in [0.1, 0.15) is 23.9 Å². The van der Waals surface area contributed by atoms with E-state index in [1.165, 1.54) is 6.07 Å². The zero-order valence-electron chi connectivity index (χ0n) is 10.8. The van der Waals surface area contributed by atoms with Gasteiger partial charge in [0, 0.05) is 11.6 Å². The Kier molecular flexibility index (Phi) is 3.56. The lowest BCUT2D eigenvalue weighted by molar-refractivity contribution is 0.0936. The van der Waals surface area contributed by atoms with E-state index in [4.69, 9.17) is 4.42 Å². The third-order valence-corrected chi connectivity index (χ3v) is 2.83. The Hall–Kier alpha value is -3.17. The maximum Gasteiger partial charge on any atom is 0.274 e. The normalized spacial score (nSPS) is 12.1. The Morgan fingerprint density at radius 3 is 2.86 bits per heavy atom. The molecule has 0 radical (unpaired) electrons. The number of aromatic nitrogens is 5. The second kappa shape index (κ2) is 5.68. The van der Waals surface area contributed by atoms with Crippen molar-refractivity contribution in [3.63, 3.8) is 0 Å². The molecule has 0 fully saturated rings. The van der Waals surface area contributed by atoms with Gasteiger partial charge in [-0.3, -0.25) is 4.79 Å². The molecule has 2 N–H and O–H groups in total. The summed E-state index contributed by atoms with van der Waals surface area (Å²) in [7, 11) is 0. The zero-order valence-corrected chi connectivity index (χ0v) is 10.8. The van der Waals surface area contributed by atoms with Crippen LogP contribution in [-0.2, 0) is 0 Å². The smallest absolute Gasteiger partial charge is 0.274 e. The second-order valence-electron chi connectivity index (χ2n) is 4.22. The number of hydrogen-bond donors (Lipinski definition) is 2. The molecule has 0 aliphatic heterocycles. The van der Waals surface area contributed by atoms with Gasteiger partial charge in [-0.25, -0.2) is 13.8 Å². The number of nitrogens with zero attached hydrogens (tertiary/aromatic N) is 4. The number of H-pyrrole nitrogens is 1. The van der Waals surface area contributed by atoms with E-state index >= 15 is 0 Å². The Morgan fingerprint density at radius 1 is 1.36 bits per heavy atom. The molecule has 3 aromatic rings. The standard InChI is InChI=1S/C12H8F2N6O2/c13-6-1-2-7(8(14)3-6)10(11-17-19-20-18-11)16-12(21)9-4-22-5-15-9/h1-5,10H,(H,16,21)(H,17,18,19,20). The highest BCUT2D eigenvalue weighted by Crippen LogP contribution is 2.22. The molecule has 1 amide bonds. The van der Waals surface area contributed by atoms with Crippen molar-refractivity contribution in [1.82, 2.24) is 30.9 Å². The third kappa shape index (κ3) is 2.66. The first kappa shape index (κ1) is 13.8. The summed E-state index contributed by atoms with van der Waals surface area (Å²) in [5.41, 5.74) is -0.0179. The highest BCUT2D eigenvalue weighted by Gasteiger charge is 2.25. The minimum Gasteiger partial charge on any atom is -0.451 e. The minimum atomic E-state index is -1.07. The number of nitrogens with one attached hydrogen (secondary N) is 2. The SMILES string of the molecule is O=C(NC(c1nn[nH]n1)c1ccc(F)cc1F)c1cocn1. The van der Waals surface area contributed by atoms with Crippen LogP contribution in [-0.4, -0.2) is 31.5 Å². The predicted octanol–water partition coefficient (Wildman–Crippen LogP) is 0.985. The average molecular weight is 306 g/mol. The molecule has 8 nitrogen and oxygen atoms in total. The first-order valence-electron chi connectivity index (χ1n) is 6.02. The van der Waals surface area contributed by atoms with Crippen LogP contribution in [0.5, 0.6) is 0 Å². The van der Waals surface area contributed by atoms with E-state index < -0.39 is 23.6 Å². The summed E-state index contributed by atoms with van der Waals surface area (Å²) in [4.78, 5) is 15.7. The fourth-order valence-corrected chi connectivity index (χ4v) is 1.84. The van der Waals surface area contributed by atoms with Gasteiger partial charge in [-0.05, 0) is 6.07 Å². The molecular weight excluding hydrogens is 298 g/mol. The van der Waals surface area contributed by atoms with Gasteiger partial charge < -0.3 is 9.73 Å². The van der Waals surface area contributed by atoms with Crippen molar-refractivity contribution in [3.05, 3.63) is 59.6 Å². The number of rotatable bonds is 4. The number of carbonyl (C=O) groups excluding carboxylic acids is 1. The highest BCUT2D eigenvalue weighted by molar-refractivity contribution is 5.92. The van der Waals surface area contributed by atoms with Crippen LogP contribution in [0.25, 0.3) is 0 Å². The maximum absolute atomic E-state index is 14.0. The summed E-state index contributed by atoms with van der Waals surface area (Å²) in [6, 6.07) is 1.89. The molecule has 1 unspecified atom stereocenters. The molecule has 0 saturated carbocycles. The van der Waals surface area contributed by atoms with Crippen LogP contribution in [0.3, 0.4) is 0 Å². The second-order valence-corrected chi connectivity index (χ2v) is 4.22. The summed E-state index contributed by atoms with van der Waals surface area (Å²) >= 11 is 0. The van der Waals surface area contributed by atoms with Gasteiger partial charge in [0.15, 0.2) is 12.1 Å². The first-order chi connectivity index (χ1) is 10.6. The Bertz CT molecular complexity index is 775. The van der Waals surface area contributed by atoms with E-state index in [1.807, 2.05) is 0 Å². The van der Waals surface area contributed by atoms with Gasteiger partial charge in [-0.15, -0.1) is 10.2 Å². The van der Waals surface area contributed by atoms with Crippen LogP contribution in [0.4, 0.5) is 8.78 Å². The predicted molar refractivity (Wildman–Crippen MR) is 66.3 cm³/mol. The highest BCUT2D eigenvalue weighted by atomic mass is 19.1. The minimum absolute atomic E-state index is 0.00369. The molecule has 112 valence electrons. The summed E-state index contributed by atoms with van der Waals surface area (Å²) in [5.74, 6) is -2.21. The van der Waals surface area contributed by atoms with Crippen molar-refractivity contribution in [2.24, 2.45) is 0 Å². The number of aromatic amines is 1. The molecule has 2 heterocycles. The molecule has 0 aliphatic carbocycles. The number of carbonyl (C=O) groups is 1. The number of tetrazole rings is 1. The number of halogens is 2. The molecule has 3 rings (SSSR count). The third-order valence-electron chi connectivity index (χ3n) is 2.83. The molecule has 0 saturated heterocycles. The quantitative estimate of drug-likeness (QED) is 0.743. The average Bonchev–Trinajstić information content (AvgIpc) is 3.18. The van der Waals surface area contributed by atoms with E-state index in [0.29, 0.717) is 6.07 Å². The molecule has 1 aromatic carbocycles. The molecule has 0 aliphatic rings.